The van der Waals surface area contributed by atoms with Gasteiger partial charge in [-0.15, -0.1) is 11.8 Å². The van der Waals surface area contributed by atoms with Gasteiger partial charge in [0.2, 0.25) is 11.8 Å². The maximum atomic E-state index is 12.9. The molecule has 136 valence electrons. The summed E-state index contributed by atoms with van der Waals surface area (Å²) in [5.74, 6) is 0.246. The molecule has 0 unspecified atom stereocenters. The largest absolute Gasteiger partial charge is 0.383 e. The van der Waals surface area contributed by atoms with Gasteiger partial charge in [-0.1, -0.05) is 42.5 Å². The van der Waals surface area contributed by atoms with Gasteiger partial charge in [-0.3, -0.25) is 9.59 Å². The molecule has 1 heterocycles. The predicted octanol–water partition coefficient (Wildman–Crippen LogP) is 2.80. The van der Waals surface area contributed by atoms with Crippen molar-refractivity contribution in [2.45, 2.75) is 11.4 Å². The van der Waals surface area contributed by atoms with Gasteiger partial charge in [0.15, 0.2) is 0 Å². The highest BCUT2D eigenvalue weighted by Gasteiger charge is 2.28. The minimum atomic E-state index is -0.0824. The normalized spacial score (nSPS) is 13.4. The third-order valence-corrected chi connectivity index (χ3v) is 5.28. The zero-order chi connectivity index (χ0) is 18.4. The number of amides is 2. The summed E-state index contributed by atoms with van der Waals surface area (Å²) in [7, 11) is 1.62. The molecule has 0 saturated carbocycles. The molecule has 2 amide bonds. The Labute approximate surface area is 157 Å². The highest BCUT2D eigenvalue weighted by molar-refractivity contribution is 8.00. The van der Waals surface area contributed by atoms with Crippen molar-refractivity contribution in [2.75, 3.05) is 37.5 Å². The number of thioether (sulfide) groups is 1. The summed E-state index contributed by atoms with van der Waals surface area (Å²) in [5, 5.41) is 0. The van der Waals surface area contributed by atoms with Gasteiger partial charge in [0, 0.05) is 25.1 Å². The number of benzene rings is 2. The van der Waals surface area contributed by atoms with E-state index in [0.717, 1.165) is 16.1 Å². The van der Waals surface area contributed by atoms with Crippen LogP contribution >= 0.6 is 11.8 Å². The van der Waals surface area contributed by atoms with Crippen LogP contribution in [0.1, 0.15) is 5.56 Å². The van der Waals surface area contributed by atoms with Crippen LogP contribution in [0.3, 0.4) is 0 Å². The molecule has 0 atom stereocenters. The number of methoxy groups -OCH3 is 1. The van der Waals surface area contributed by atoms with Gasteiger partial charge in [-0.05, 0) is 17.7 Å². The standard InChI is InChI=1S/C20H22N2O3S/c1-25-12-11-21(13-16-7-3-2-4-8-16)19(23)14-22-17-9-5-6-10-18(17)26-15-20(22)24/h2-10H,11-15H2,1H3. The van der Waals surface area contributed by atoms with Crippen molar-refractivity contribution in [1.82, 2.24) is 4.90 Å². The minimum absolute atomic E-state index is 0.0338. The summed E-state index contributed by atoms with van der Waals surface area (Å²) in [4.78, 5) is 29.7. The molecule has 1 aliphatic rings. The van der Waals surface area contributed by atoms with E-state index in [4.69, 9.17) is 4.74 Å². The van der Waals surface area contributed by atoms with Crippen molar-refractivity contribution in [3.8, 4) is 0 Å². The molecule has 5 nitrogen and oxygen atoms in total. The van der Waals surface area contributed by atoms with E-state index in [1.54, 1.807) is 16.9 Å². The van der Waals surface area contributed by atoms with Gasteiger partial charge in [0.05, 0.1) is 18.0 Å². The minimum Gasteiger partial charge on any atom is -0.383 e. The highest BCUT2D eigenvalue weighted by Crippen LogP contribution is 2.34. The topological polar surface area (TPSA) is 49.9 Å². The number of rotatable bonds is 7. The fraction of sp³-hybridized carbons (Fsp3) is 0.300. The molecular weight excluding hydrogens is 348 g/mol. The van der Waals surface area contributed by atoms with Crippen molar-refractivity contribution in [3.05, 3.63) is 60.2 Å². The smallest absolute Gasteiger partial charge is 0.243 e. The number of nitrogens with zero attached hydrogens (tertiary/aromatic N) is 2. The number of hydrogen-bond donors (Lipinski definition) is 0. The van der Waals surface area contributed by atoms with E-state index in [1.165, 1.54) is 11.8 Å². The molecule has 3 rings (SSSR count). The van der Waals surface area contributed by atoms with E-state index in [1.807, 2.05) is 54.6 Å². The summed E-state index contributed by atoms with van der Waals surface area (Å²) in [6, 6.07) is 17.6. The Hall–Kier alpha value is -2.31. The second-order valence-electron chi connectivity index (χ2n) is 6.03. The first-order chi connectivity index (χ1) is 12.7. The average Bonchev–Trinajstić information content (AvgIpc) is 2.68. The van der Waals surface area contributed by atoms with E-state index in [0.29, 0.717) is 25.4 Å². The Kier molecular flexibility index (Phi) is 6.30. The van der Waals surface area contributed by atoms with E-state index in [9.17, 15) is 9.59 Å². The second-order valence-corrected chi connectivity index (χ2v) is 7.05. The van der Waals surface area contributed by atoms with Crippen molar-refractivity contribution in [3.63, 3.8) is 0 Å². The van der Waals surface area contributed by atoms with Crippen LogP contribution in [0.25, 0.3) is 0 Å². The molecule has 0 bridgehead atoms. The molecule has 0 N–H and O–H groups in total. The van der Waals surface area contributed by atoms with Gasteiger partial charge in [0.25, 0.3) is 0 Å². The fourth-order valence-electron chi connectivity index (χ4n) is 2.86. The lowest BCUT2D eigenvalue weighted by Gasteiger charge is -2.31. The summed E-state index contributed by atoms with van der Waals surface area (Å²) < 4.78 is 5.15. The lowest BCUT2D eigenvalue weighted by atomic mass is 10.2. The molecular formula is C20H22N2O3S. The van der Waals surface area contributed by atoms with Crippen LogP contribution in [-0.2, 0) is 20.9 Å². The molecule has 0 radical (unpaired) electrons. The Bertz CT molecular complexity index is 767. The molecule has 0 spiro atoms. The molecule has 0 aromatic heterocycles. The van der Waals surface area contributed by atoms with Crippen molar-refractivity contribution >= 4 is 29.3 Å². The molecule has 0 aliphatic carbocycles. The maximum Gasteiger partial charge on any atom is 0.243 e. The third kappa shape index (κ3) is 4.45. The number of carbonyl (C=O) groups is 2. The zero-order valence-corrected chi connectivity index (χ0v) is 15.6. The Morgan fingerprint density at radius 1 is 1.15 bits per heavy atom. The summed E-state index contributed by atoms with van der Waals surface area (Å²) in [6.07, 6.45) is 0. The maximum absolute atomic E-state index is 12.9. The lowest BCUT2D eigenvalue weighted by Crippen LogP contribution is -2.45. The Morgan fingerprint density at radius 3 is 2.65 bits per heavy atom. The molecule has 0 fully saturated rings. The van der Waals surface area contributed by atoms with Gasteiger partial charge in [-0.2, -0.15) is 0 Å². The Morgan fingerprint density at radius 2 is 1.88 bits per heavy atom. The third-order valence-electron chi connectivity index (χ3n) is 4.24. The first-order valence-electron chi connectivity index (χ1n) is 8.52. The molecule has 2 aromatic rings. The van der Waals surface area contributed by atoms with Gasteiger partial charge in [-0.25, -0.2) is 0 Å². The van der Waals surface area contributed by atoms with E-state index in [2.05, 4.69) is 0 Å². The van der Waals surface area contributed by atoms with Crippen LogP contribution in [0, 0.1) is 0 Å². The molecule has 0 saturated heterocycles. The fourth-order valence-corrected chi connectivity index (χ4v) is 3.80. The molecule has 1 aliphatic heterocycles. The summed E-state index contributed by atoms with van der Waals surface area (Å²) >= 11 is 1.52. The van der Waals surface area contributed by atoms with E-state index in [-0.39, 0.29) is 18.4 Å². The van der Waals surface area contributed by atoms with E-state index >= 15 is 0 Å². The van der Waals surface area contributed by atoms with E-state index < -0.39 is 0 Å². The molecule has 2 aromatic carbocycles. The molecule has 26 heavy (non-hydrogen) atoms. The van der Waals surface area contributed by atoms with Crippen molar-refractivity contribution in [1.29, 1.82) is 0 Å². The monoisotopic (exact) mass is 370 g/mol. The number of ether oxygens (including phenoxy) is 1. The number of carbonyl (C=O) groups excluding carboxylic acids is 2. The summed E-state index contributed by atoms with van der Waals surface area (Å²) in [6.45, 7) is 1.50. The van der Waals surface area contributed by atoms with Gasteiger partial charge < -0.3 is 14.5 Å². The van der Waals surface area contributed by atoms with Crippen LogP contribution < -0.4 is 4.90 Å². The SMILES string of the molecule is COCCN(Cc1ccccc1)C(=O)CN1C(=O)CSc2ccccc21. The lowest BCUT2D eigenvalue weighted by molar-refractivity contribution is -0.132. The predicted molar refractivity (Wildman–Crippen MR) is 103 cm³/mol. The first-order valence-corrected chi connectivity index (χ1v) is 9.50. The highest BCUT2D eigenvalue weighted by atomic mass is 32.2. The zero-order valence-electron chi connectivity index (χ0n) is 14.8. The van der Waals surface area contributed by atoms with Gasteiger partial charge in [0.1, 0.15) is 6.54 Å². The number of anilines is 1. The van der Waals surface area contributed by atoms with Crippen LogP contribution in [0.15, 0.2) is 59.5 Å². The van der Waals surface area contributed by atoms with Crippen LogP contribution in [0.5, 0.6) is 0 Å². The van der Waals surface area contributed by atoms with Crippen molar-refractivity contribution in [2.24, 2.45) is 0 Å². The second kappa shape index (κ2) is 8.87. The quantitative estimate of drug-likeness (QED) is 0.752. The molecule has 6 heteroatoms. The first kappa shape index (κ1) is 18.5. The van der Waals surface area contributed by atoms with Crippen LogP contribution in [0.4, 0.5) is 5.69 Å². The number of hydrogen-bond acceptors (Lipinski definition) is 4. The van der Waals surface area contributed by atoms with Gasteiger partial charge >= 0.3 is 0 Å². The number of fused-ring (bicyclic) bond motifs is 1. The Balaban J connectivity index is 1.75. The average molecular weight is 370 g/mol. The van der Waals surface area contributed by atoms with Crippen molar-refractivity contribution < 1.29 is 14.3 Å². The summed E-state index contributed by atoms with van der Waals surface area (Å²) in [5.41, 5.74) is 1.87. The number of para-hydroxylation sites is 1. The van der Waals surface area contributed by atoms with Crippen LogP contribution in [0.2, 0.25) is 0 Å². The van der Waals surface area contributed by atoms with Crippen LogP contribution in [-0.4, -0.2) is 49.3 Å².